The summed E-state index contributed by atoms with van der Waals surface area (Å²) >= 11 is -1.10. The molecular formula is C18H18N6O6S3. The smallest absolute Gasteiger partial charge is 0.250 e. The van der Waals surface area contributed by atoms with Crippen LogP contribution < -0.4 is 15.8 Å². The van der Waals surface area contributed by atoms with Gasteiger partial charge in [-0.05, 0) is 29.3 Å². The minimum atomic E-state index is -3.73. The van der Waals surface area contributed by atoms with Crippen molar-refractivity contribution in [2.75, 3.05) is 6.26 Å². The Kier molecular flexibility index (Phi) is 6.51. The van der Waals surface area contributed by atoms with Crippen molar-refractivity contribution in [1.82, 2.24) is 30.0 Å². The number of aromatic nitrogens is 4. The molecule has 174 valence electrons. The van der Waals surface area contributed by atoms with E-state index in [1.54, 1.807) is 19.3 Å². The zero-order valence-corrected chi connectivity index (χ0v) is 19.7. The molecule has 15 heteroatoms. The lowest BCUT2D eigenvalue weighted by Crippen LogP contribution is -2.32. The third-order valence-corrected chi connectivity index (χ3v) is 7.45. The number of thiazole rings is 1. The molecule has 4 aromatic rings. The molecular weight excluding hydrogens is 492 g/mol. The first-order chi connectivity index (χ1) is 15.6. The molecule has 0 radical (unpaired) electrons. The molecule has 0 fully saturated rings. The van der Waals surface area contributed by atoms with Crippen LogP contribution in [-0.2, 0) is 34.7 Å². The second-order valence-corrected chi connectivity index (χ2v) is 10.9. The normalized spacial score (nSPS) is 13.9. The topological polar surface area (TPSA) is 169 Å². The van der Waals surface area contributed by atoms with Gasteiger partial charge in [-0.15, -0.1) is 21.5 Å². The second kappa shape index (κ2) is 9.20. The molecule has 1 aromatic carbocycles. The molecule has 0 aliphatic carbocycles. The largest absolute Gasteiger partial charge is 0.422 e. The summed E-state index contributed by atoms with van der Waals surface area (Å²) in [5.74, 6) is -0.143. The summed E-state index contributed by atoms with van der Waals surface area (Å²) in [6.45, 7) is -0.102. The number of sulfone groups is 1. The van der Waals surface area contributed by atoms with E-state index < -0.39 is 26.4 Å². The number of nitrogens with one attached hydrogen (secondary N) is 2. The van der Waals surface area contributed by atoms with Crippen LogP contribution in [0.15, 0.2) is 45.7 Å². The van der Waals surface area contributed by atoms with Gasteiger partial charge in [-0.25, -0.2) is 23.0 Å². The Balaban J connectivity index is 1.68. The number of rotatable bonds is 8. The van der Waals surface area contributed by atoms with Crippen molar-refractivity contribution in [2.45, 2.75) is 11.8 Å². The molecule has 12 nitrogen and oxygen atoms in total. The monoisotopic (exact) mass is 510 g/mol. The lowest BCUT2D eigenvalue weighted by atomic mass is 10.1. The van der Waals surface area contributed by atoms with E-state index in [-0.39, 0.29) is 28.9 Å². The van der Waals surface area contributed by atoms with E-state index in [0.717, 1.165) is 22.1 Å². The number of nitrogens with zero attached hydrogens (tertiary/aromatic N) is 4. The third-order valence-electron chi connectivity index (χ3n) is 4.60. The maximum Gasteiger partial charge on any atom is 0.250 e. The van der Waals surface area contributed by atoms with E-state index in [1.807, 2.05) is 23.0 Å². The molecule has 4 rings (SSSR count). The van der Waals surface area contributed by atoms with Crippen LogP contribution in [0.3, 0.4) is 0 Å². The van der Waals surface area contributed by atoms with Gasteiger partial charge in [0.05, 0.1) is 16.8 Å². The standard InChI is InChI=1S/C18H18N6O6S3/c1-24-6-5-11(8-15(24)25)10-3-4-13-12(7-10)20-18(31-13)16(33(2,28)29)17-22-21-14(30-17)9-19-23-32(26)27/h3-8,16,19,23H,9H2,1-2H3,(H,26,27). The second-order valence-electron chi connectivity index (χ2n) is 7.05. The van der Waals surface area contributed by atoms with Crippen LogP contribution in [0, 0.1) is 0 Å². The minimum absolute atomic E-state index is 0.0191. The van der Waals surface area contributed by atoms with Crippen molar-refractivity contribution >= 4 is 42.7 Å². The summed E-state index contributed by atoms with van der Waals surface area (Å²) in [6, 6.07) is 8.76. The lowest BCUT2D eigenvalue weighted by Gasteiger charge is -2.07. The zero-order valence-electron chi connectivity index (χ0n) is 17.3. The molecule has 0 bridgehead atoms. The molecule has 3 heterocycles. The van der Waals surface area contributed by atoms with E-state index in [4.69, 9.17) is 8.97 Å². The van der Waals surface area contributed by atoms with Crippen molar-refractivity contribution in [1.29, 1.82) is 0 Å². The van der Waals surface area contributed by atoms with Gasteiger partial charge < -0.3 is 8.98 Å². The number of aryl methyl sites for hydroxylation is 1. The number of hydrazine groups is 1. The molecule has 0 saturated heterocycles. The minimum Gasteiger partial charge on any atom is -0.422 e. The van der Waals surface area contributed by atoms with Gasteiger partial charge in [0.25, 0.3) is 5.56 Å². The van der Waals surface area contributed by atoms with Crippen LogP contribution in [0.5, 0.6) is 0 Å². The van der Waals surface area contributed by atoms with Gasteiger partial charge in [-0.2, -0.15) is 4.83 Å². The van der Waals surface area contributed by atoms with Gasteiger partial charge in [0.1, 0.15) is 5.01 Å². The summed E-state index contributed by atoms with van der Waals surface area (Å²) in [5.41, 5.74) is 4.31. The van der Waals surface area contributed by atoms with Crippen LogP contribution in [-0.4, -0.2) is 43.2 Å². The first-order valence-electron chi connectivity index (χ1n) is 9.30. The maximum atomic E-state index is 12.6. The fraction of sp³-hybridized carbons (Fsp3) is 0.222. The van der Waals surface area contributed by atoms with Gasteiger partial charge in [0, 0.05) is 25.6 Å². The first kappa shape index (κ1) is 23.3. The van der Waals surface area contributed by atoms with Gasteiger partial charge in [0.2, 0.25) is 23.0 Å². The molecule has 3 aromatic heterocycles. The maximum absolute atomic E-state index is 12.6. The Morgan fingerprint density at radius 3 is 2.70 bits per heavy atom. The van der Waals surface area contributed by atoms with E-state index in [2.05, 4.69) is 20.6 Å². The molecule has 0 aliphatic heterocycles. The number of pyridine rings is 1. The van der Waals surface area contributed by atoms with Crippen molar-refractivity contribution in [2.24, 2.45) is 7.05 Å². The Labute approximate surface area is 194 Å². The van der Waals surface area contributed by atoms with E-state index in [1.165, 1.54) is 22.0 Å². The van der Waals surface area contributed by atoms with Crippen LogP contribution in [0.25, 0.3) is 21.3 Å². The van der Waals surface area contributed by atoms with Crippen molar-refractivity contribution in [3.63, 3.8) is 0 Å². The average Bonchev–Trinajstić information content (AvgIpc) is 3.35. The summed E-state index contributed by atoms with van der Waals surface area (Å²) in [6.07, 6.45) is 2.72. The van der Waals surface area contributed by atoms with Crippen LogP contribution in [0.2, 0.25) is 0 Å². The van der Waals surface area contributed by atoms with Gasteiger partial charge in [-0.3, -0.25) is 9.35 Å². The Hall–Kier alpha value is -2.82. The van der Waals surface area contributed by atoms with Gasteiger partial charge in [0.15, 0.2) is 15.1 Å². The lowest BCUT2D eigenvalue weighted by molar-refractivity contribution is 0.426. The Morgan fingerprint density at radius 2 is 2.00 bits per heavy atom. The highest BCUT2D eigenvalue weighted by molar-refractivity contribution is 7.91. The van der Waals surface area contributed by atoms with Gasteiger partial charge in [-0.1, -0.05) is 6.07 Å². The fourth-order valence-electron chi connectivity index (χ4n) is 3.05. The number of hydrogen-bond donors (Lipinski definition) is 3. The SMILES string of the molecule is Cn1ccc(-c2ccc3sc(C(c4nnc(CNNS(=O)O)o4)S(C)(=O)=O)nc3c2)cc1=O. The summed E-state index contributed by atoms with van der Waals surface area (Å²) in [4.78, 5) is 18.5. The predicted octanol–water partition coefficient (Wildman–Crippen LogP) is 0.910. The summed E-state index contributed by atoms with van der Waals surface area (Å²) < 4.78 is 52.2. The number of hydrogen-bond acceptors (Lipinski definition) is 10. The zero-order chi connectivity index (χ0) is 23.8. The van der Waals surface area contributed by atoms with Crippen LogP contribution in [0.4, 0.5) is 0 Å². The van der Waals surface area contributed by atoms with E-state index in [9.17, 15) is 17.4 Å². The molecule has 33 heavy (non-hydrogen) atoms. The molecule has 0 aliphatic rings. The Morgan fingerprint density at radius 1 is 1.24 bits per heavy atom. The highest BCUT2D eigenvalue weighted by atomic mass is 32.2. The fourth-order valence-corrected chi connectivity index (χ4v) is 5.72. The van der Waals surface area contributed by atoms with Crippen LogP contribution in [0.1, 0.15) is 22.0 Å². The molecule has 0 spiro atoms. The van der Waals surface area contributed by atoms with E-state index >= 15 is 0 Å². The molecule has 3 N–H and O–H groups in total. The van der Waals surface area contributed by atoms with E-state index in [0.29, 0.717) is 5.52 Å². The van der Waals surface area contributed by atoms with Gasteiger partial charge >= 0.3 is 0 Å². The van der Waals surface area contributed by atoms with Crippen molar-refractivity contribution < 1.29 is 21.6 Å². The highest BCUT2D eigenvalue weighted by Gasteiger charge is 2.33. The predicted molar refractivity (Wildman–Crippen MR) is 122 cm³/mol. The average molecular weight is 511 g/mol. The van der Waals surface area contributed by atoms with Crippen molar-refractivity contribution in [3.05, 3.63) is 63.7 Å². The molecule has 0 amide bonds. The van der Waals surface area contributed by atoms with Crippen LogP contribution >= 0.6 is 11.3 Å². The number of fused-ring (bicyclic) bond motifs is 1. The molecule has 2 atom stereocenters. The highest BCUT2D eigenvalue weighted by Crippen LogP contribution is 2.36. The summed E-state index contributed by atoms with van der Waals surface area (Å²) in [5, 5.41) is 6.60. The first-order valence-corrected chi connectivity index (χ1v) is 13.2. The number of benzene rings is 1. The molecule has 2 unspecified atom stereocenters. The quantitative estimate of drug-likeness (QED) is 0.229. The van der Waals surface area contributed by atoms with Crippen molar-refractivity contribution in [3.8, 4) is 11.1 Å². The Bertz CT molecular complexity index is 1510. The third kappa shape index (κ3) is 5.23. The summed E-state index contributed by atoms with van der Waals surface area (Å²) in [7, 11) is -2.07. The molecule has 0 saturated carbocycles.